The number of benzene rings is 8. The molecule has 0 atom stereocenters. The summed E-state index contributed by atoms with van der Waals surface area (Å²) in [5, 5.41) is 10.4. The number of imidazole rings is 4. The zero-order valence-electron chi connectivity index (χ0n) is 62.1. The Morgan fingerprint density at radius 3 is 0.910 bits per heavy atom. The van der Waals surface area contributed by atoms with Crippen molar-refractivity contribution < 1.29 is 97.6 Å². The van der Waals surface area contributed by atoms with Crippen LogP contribution in [0.3, 0.4) is 0 Å². The lowest BCUT2D eigenvalue weighted by Crippen LogP contribution is -2.11. The second kappa shape index (κ2) is 34.5. The minimum atomic E-state index is -4.49. The van der Waals surface area contributed by atoms with Gasteiger partial charge in [-0.2, -0.15) is 96.9 Å². The molecule has 0 radical (unpaired) electrons. The summed E-state index contributed by atoms with van der Waals surface area (Å²) in [5.41, 5.74) is 25.6. The number of anilines is 12. The highest BCUT2D eigenvalue weighted by atomic mass is 19.4. The molecule has 0 amide bonds. The Balaban J connectivity index is 0.000000140. The van der Waals surface area contributed by atoms with E-state index in [0.29, 0.717) is 73.1 Å². The number of alkyl halides is 9. The maximum Gasteiger partial charge on any atom is 0.416 e. The largest absolute Gasteiger partial charge is 0.435 e. The summed E-state index contributed by atoms with van der Waals surface area (Å²) in [5.74, 6) is -11.5. The Hall–Kier alpha value is -15.6. The first-order chi connectivity index (χ1) is 57.9. The van der Waals surface area contributed by atoms with E-state index >= 15 is 0 Å². The molecule has 0 fully saturated rings. The number of nitrogens with zero attached hydrogens (tertiary/aromatic N) is 16. The molecule has 8 aromatic carbocycles. The van der Waals surface area contributed by atoms with Crippen LogP contribution < -0.4 is 58.4 Å². The van der Waals surface area contributed by atoms with E-state index in [1.165, 1.54) is 127 Å². The van der Waals surface area contributed by atoms with Crippen molar-refractivity contribution in [1.29, 1.82) is 0 Å². The molecule has 0 aliphatic heterocycles. The third-order valence-electron chi connectivity index (χ3n) is 17.0. The van der Waals surface area contributed by atoms with Gasteiger partial charge in [-0.15, -0.1) is 0 Å². The third-order valence-corrected chi connectivity index (χ3v) is 17.0. The molecule has 122 heavy (non-hydrogen) atoms. The number of fused-ring (bicyclic) bond motifs is 4. The van der Waals surface area contributed by atoms with Gasteiger partial charge in [-0.1, -0.05) is 0 Å². The van der Waals surface area contributed by atoms with Crippen molar-refractivity contribution >= 4 is 113 Å². The van der Waals surface area contributed by atoms with Gasteiger partial charge in [-0.05, 0) is 149 Å². The van der Waals surface area contributed by atoms with E-state index < -0.39 is 136 Å². The van der Waals surface area contributed by atoms with Gasteiger partial charge < -0.3 is 58.4 Å². The van der Waals surface area contributed by atoms with Crippen molar-refractivity contribution in [3.8, 4) is 41.0 Å². The fourth-order valence-corrected chi connectivity index (χ4v) is 11.8. The minimum Gasteiger partial charge on any atom is -0.435 e. The molecule has 0 aliphatic rings. The molecule has 0 unspecified atom stereocenters. The van der Waals surface area contributed by atoms with E-state index in [-0.39, 0.29) is 58.2 Å². The van der Waals surface area contributed by atoms with Crippen LogP contribution in [-0.2, 0) is 6.18 Å². The van der Waals surface area contributed by atoms with Crippen LogP contribution in [0.15, 0.2) is 158 Å². The smallest absolute Gasteiger partial charge is 0.416 e. The van der Waals surface area contributed by atoms with Gasteiger partial charge in [0.25, 0.3) is 0 Å². The lowest BCUT2D eigenvalue weighted by Gasteiger charge is -2.12. The van der Waals surface area contributed by atoms with Gasteiger partial charge in [0.2, 0.25) is 47.1 Å². The molecule has 0 saturated carbocycles. The van der Waals surface area contributed by atoms with Crippen LogP contribution in [0.5, 0.6) is 17.2 Å². The number of aromatic nitrogens is 16. The molecule has 628 valence electrons. The molecule has 8 heterocycles. The topological polar surface area (TPSA) is 354 Å². The van der Waals surface area contributed by atoms with Gasteiger partial charge >= 0.3 is 26.0 Å². The van der Waals surface area contributed by atoms with Crippen molar-refractivity contribution in [2.75, 3.05) is 44.2 Å². The maximum absolute atomic E-state index is 14.5. The Morgan fingerprint density at radius 2 is 0.590 bits per heavy atom. The van der Waals surface area contributed by atoms with Crippen molar-refractivity contribution in [3.63, 3.8) is 0 Å². The third kappa shape index (κ3) is 18.7. The van der Waals surface area contributed by atoms with Crippen molar-refractivity contribution in [3.05, 3.63) is 245 Å². The number of nitrogens with one attached hydrogen (secondary N) is 4. The highest BCUT2D eigenvalue weighted by Crippen LogP contribution is 2.36. The Bertz CT molecular complexity index is 6640. The summed E-state index contributed by atoms with van der Waals surface area (Å²) in [6, 6.07) is 31.1. The van der Waals surface area contributed by atoms with Crippen LogP contribution in [0.1, 0.15) is 28.9 Å². The van der Waals surface area contributed by atoms with Crippen molar-refractivity contribution in [2.45, 2.75) is 53.7 Å². The highest BCUT2D eigenvalue weighted by Gasteiger charge is 2.31. The van der Waals surface area contributed by atoms with Gasteiger partial charge in [-0.3, -0.25) is 18.3 Å². The predicted molar refractivity (Wildman–Crippen MR) is 407 cm³/mol. The van der Waals surface area contributed by atoms with Gasteiger partial charge in [0.1, 0.15) is 52.3 Å². The van der Waals surface area contributed by atoms with Gasteiger partial charge in [-0.25, -0.2) is 46.3 Å². The van der Waals surface area contributed by atoms with E-state index in [1.54, 1.807) is 27.7 Å². The van der Waals surface area contributed by atoms with Gasteiger partial charge in [0.15, 0.2) is 69.7 Å². The average Bonchev–Trinajstić information content (AvgIpc) is 1.63. The van der Waals surface area contributed by atoms with E-state index in [4.69, 9.17) is 22.9 Å². The highest BCUT2D eigenvalue weighted by molar-refractivity contribution is 5.81. The van der Waals surface area contributed by atoms with E-state index in [9.17, 15) is 83.4 Å². The molecular formula is C76H53F19N24O3. The van der Waals surface area contributed by atoms with E-state index in [0.717, 1.165) is 48.5 Å². The van der Waals surface area contributed by atoms with Crippen LogP contribution in [-0.4, -0.2) is 97.9 Å². The number of nitrogen functional groups attached to an aromatic ring is 4. The summed E-state index contributed by atoms with van der Waals surface area (Å²) in [6.45, 7) is -2.83. The quantitative estimate of drug-likeness (QED) is 0.0370. The summed E-state index contributed by atoms with van der Waals surface area (Å²) in [4.78, 5) is 49.2. The SMILES string of the molecule is Cc1nc2cc(F)ccc2n1-c1nc(N)c(F)c(Nc2ccc(OC(F)F)c(F)c2)n1.Cc1nc2ccc(F)cc2n1-c1nc(N)c(F)c(Nc2ccc(C(F)(F)F)cc2)n1.Cc1nc2ccc(F)cc2n1-c1nc(N)c(F)c(Nc2ccc(OC(F)F)c(F)c2)n1.Cc1nc2ccc(F)cc2n1-c1nc(N)c(F)c(Nc2ccc(OC(F)F)cc2)n1. The zero-order valence-corrected chi connectivity index (χ0v) is 62.1. The molecule has 27 nitrogen and oxygen atoms in total. The molecule has 0 aliphatic carbocycles. The van der Waals surface area contributed by atoms with Crippen LogP contribution in [0, 0.1) is 85.9 Å². The Kier molecular flexibility index (Phi) is 23.9. The minimum absolute atomic E-state index is 0.00338. The maximum atomic E-state index is 14.5. The predicted octanol–water partition coefficient (Wildman–Crippen LogP) is 18.0. The zero-order chi connectivity index (χ0) is 87.6. The second-order valence-electron chi connectivity index (χ2n) is 25.3. The van der Waals surface area contributed by atoms with Gasteiger partial charge in [0.05, 0.1) is 49.7 Å². The fraction of sp³-hybridized carbons (Fsp3) is 0.105. The molecule has 46 heteroatoms. The lowest BCUT2D eigenvalue weighted by atomic mass is 10.2. The number of hydrogen-bond acceptors (Lipinski definition) is 23. The summed E-state index contributed by atoms with van der Waals surface area (Å²) < 4.78 is 270. The van der Waals surface area contributed by atoms with Crippen molar-refractivity contribution in [1.82, 2.24) is 78.1 Å². The number of hydrogen-bond donors (Lipinski definition) is 8. The van der Waals surface area contributed by atoms with Crippen LogP contribution in [0.25, 0.3) is 67.9 Å². The standard InChI is InChI=1S/2C19H13F5N6O.C19H13F5N6.C19H14F4N6O/c1-8-26-12-6-9(20)2-4-13(12)30(8)19-28-16(25)15(22)17(29-19)27-10-3-5-14(11(21)7-10)31-18(23)24;1-8-26-12-4-2-9(20)6-13(12)30(8)19-28-16(25)15(22)17(29-19)27-10-3-5-14(11(21)7-10)31-18(23)24;1-9-26-13-7-4-11(20)8-14(13)30(9)18-28-16(25)15(21)17(29-18)27-12-5-2-10(3-6-12)19(22,23)24;1-9-25-13-7-2-10(20)8-14(13)29(9)19-27-16(24)15(21)17(28-19)26-11-3-5-12(6-4-11)30-18(22)23/h2*2-7,18H,1H3,(H3,25,27,28,29);2-8H,1H3,(H3,25,27,28,29);2-8,18H,1H3,(H3,24,26,27,28). The first kappa shape index (κ1) is 84.3. The fourth-order valence-electron chi connectivity index (χ4n) is 11.8. The summed E-state index contributed by atoms with van der Waals surface area (Å²) >= 11 is 0. The molecule has 16 rings (SSSR count). The Labute approximate surface area is 670 Å². The molecule has 0 spiro atoms. The second-order valence-corrected chi connectivity index (χ2v) is 25.3. The van der Waals surface area contributed by atoms with Crippen LogP contribution >= 0.6 is 0 Å². The number of halogens is 19. The van der Waals surface area contributed by atoms with Crippen molar-refractivity contribution in [2.24, 2.45) is 0 Å². The van der Waals surface area contributed by atoms with E-state index in [2.05, 4.69) is 95.3 Å². The molecule has 16 aromatic rings. The van der Waals surface area contributed by atoms with E-state index in [1.807, 2.05) is 0 Å². The summed E-state index contributed by atoms with van der Waals surface area (Å²) in [7, 11) is 0. The molecule has 0 saturated heterocycles. The average molecular weight is 1710 g/mol. The summed E-state index contributed by atoms with van der Waals surface area (Å²) in [6.07, 6.45) is -4.49. The monoisotopic (exact) mass is 1710 g/mol. The number of aryl methyl sites for hydroxylation is 4. The molecule has 8 aromatic heterocycles. The number of nitrogens with two attached hydrogens (primary N) is 4. The normalized spacial score (nSPS) is 11.4. The first-order valence-corrected chi connectivity index (χ1v) is 34.6. The van der Waals surface area contributed by atoms with Crippen LogP contribution in [0.4, 0.5) is 153 Å². The Morgan fingerprint density at radius 1 is 0.303 bits per heavy atom. The first-order valence-electron chi connectivity index (χ1n) is 34.6. The number of rotatable bonds is 18. The lowest BCUT2D eigenvalue weighted by molar-refractivity contribution is -0.137. The number of ether oxygens (including phenoxy) is 3. The van der Waals surface area contributed by atoms with Gasteiger partial charge in [0, 0.05) is 59.1 Å². The van der Waals surface area contributed by atoms with Crippen LogP contribution in [0.2, 0.25) is 0 Å². The molecule has 12 N–H and O–H groups in total. The molecule has 0 bridgehead atoms. The molecular weight excluding hydrogens is 1660 g/mol.